The Morgan fingerprint density at radius 1 is 1.10 bits per heavy atom. The molecular formula is C23H39N5O2. The van der Waals surface area contributed by atoms with Gasteiger partial charge < -0.3 is 10.6 Å². The van der Waals surface area contributed by atoms with Crippen LogP contribution in [0.4, 0.5) is 0 Å². The van der Waals surface area contributed by atoms with Crippen molar-refractivity contribution in [1.29, 1.82) is 0 Å². The van der Waals surface area contributed by atoms with Gasteiger partial charge in [0.15, 0.2) is 5.96 Å². The Bertz CT molecular complexity index is 649. The minimum atomic E-state index is -0.112. The molecule has 2 N–H and O–H groups in total. The average molecular weight is 418 g/mol. The summed E-state index contributed by atoms with van der Waals surface area (Å²) in [6, 6.07) is 1.06. The van der Waals surface area contributed by atoms with Crippen LogP contribution in [0.15, 0.2) is 17.1 Å². The highest BCUT2D eigenvalue weighted by atomic mass is 16.2. The molecule has 2 fully saturated rings. The first-order chi connectivity index (χ1) is 14.3. The van der Waals surface area contributed by atoms with Crippen molar-refractivity contribution in [2.75, 3.05) is 32.7 Å². The molecule has 3 aliphatic rings. The fraction of sp³-hybridized carbons (Fsp3) is 0.783. The maximum absolute atomic E-state index is 12.8. The first-order valence-electron chi connectivity index (χ1n) is 11.7. The van der Waals surface area contributed by atoms with Gasteiger partial charge in [-0.2, -0.15) is 0 Å². The van der Waals surface area contributed by atoms with Crippen molar-refractivity contribution >= 4 is 17.8 Å². The highest BCUT2D eigenvalue weighted by Crippen LogP contribution is 2.52. The van der Waals surface area contributed by atoms with Crippen molar-refractivity contribution in [3.63, 3.8) is 0 Å². The Balaban J connectivity index is 1.45. The molecule has 1 aliphatic heterocycles. The zero-order valence-corrected chi connectivity index (χ0v) is 19.2. The van der Waals surface area contributed by atoms with Crippen LogP contribution in [-0.2, 0) is 9.59 Å². The lowest BCUT2D eigenvalue weighted by atomic mass is 9.85. The third kappa shape index (κ3) is 4.71. The molecule has 4 unspecified atom stereocenters. The maximum atomic E-state index is 12.8. The lowest BCUT2D eigenvalue weighted by Crippen LogP contribution is -2.44. The Morgan fingerprint density at radius 2 is 1.70 bits per heavy atom. The highest BCUT2D eigenvalue weighted by molar-refractivity contribution is 6.06. The van der Waals surface area contributed by atoms with Crippen molar-refractivity contribution in [3.8, 4) is 0 Å². The fourth-order valence-electron chi connectivity index (χ4n) is 5.37. The summed E-state index contributed by atoms with van der Waals surface area (Å²) in [6.45, 7) is 14.4. The third-order valence-electron chi connectivity index (χ3n) is 6.70. The number of likely N-dealkylation sites (tertiary alicyclic amines) is 1. The monoisotopic (exact) mass is 417 g/mol. The Hall–Kier alpha value is -1.89. The first kappa shape index (κ1) is 22.8. The van der Waals surface area contributed by atoms with E-state index in [0.717, 1.165) is 38.4 Å². The van der Waals surface area contributed by atoms with Crippen LogP contribution in [-0.4, -0.2) is 72.4 Å². The number of nitrogens with zero attached hydrogens (tertiary/aromatic N) is 3. The van der Waals surface area contributed by atoms with E-state index in [-0.39, 0.29) is 35.5 Å². The van der Waals surface area contributed by atoms with E-state index in [9.17, 15) is 9.59 Å². The van der Waals surface area contributed by atoms with Gasteiger partial charge in [0.05, 0.1) is 11.8 Å². The van der Waals surface area contributed by atoms with Gasteiger partial charge in [0.25, 0.3) is 0 Å². The van der Waals surface area contributed by atoms with E-state index in [2.05, 4.69) is 60.4 Å². The topological polar surface area (TPSA) is 77.0 Å². The number of aliphatic imine (C=N–C) groups is 1. The standard InChI is InChI=1S/C23H39N5O2/c1-6-24-23(25-10-7-12-27(15(2)3)16(4)5)26-11-13-28-21(29)19-17-8-9-18(14-17)20(19)22(28)30/h8-9,15-20H,6-7,10-14H2,1-5H3,(H2,24,25,26). The number of hydrogen-bond donors (Lipinski definition) is 2. The molecule has 1 saturated heterocycles. The van der Waals surface area contributed by atoms with Crippen LogP contribution in [0.3, 0.4) is 0 Å². The molecule has 2 aliphatic carbocycles. The lowest BCUT2D eigenvalue weighted by molar-refractivity contribution is -0.140. The van der Waals surface area contributed by atoms with Gasteiger partial charge in [0.2, 0.25) is 11.8 Å². The number of allylic oxidation sites excluding steroid dienone is 2. The molecule has 0 aromatic carbocycles. The van der Waals surface area contributed by atoms with Crippen LogP contribution < -0.4 is 10.6 Å². The second kappa shape index (κ2) is 9.94. The summed E-state index contributed by atoms with van der Waals surface area (Å²) in [5.74, 6) is 1.10. The predicted octanol–water partition coefficient (Wildman–Crippen LogP) is 1.86. The quantitative estimate of drug-likeness (QED) is 0.187. The molecule has 4 atom stereocenters. The Labute approximate surface area is 181 Å². The van der Waals surface area contributed by atoms with Crippen LogP contribution in [0.1, 0.15) is 47.5 Å². The number of imide groups is 1. The summed E-state index contributed by atoms with van der Waals surface area (Å²) in [6.07, 6.45) is 6.24. The second-order valence-electron chi connectivity index (χ2n) is 9.29. The zero-order chi connectivity index (χ0) is 21.8. The number of amides is 2. The maximum Gasteiger partial charge on any atom is 0.233 e. The molecule has 168 valence electrons. The van der Waals surface area contributed by atoms with Crippen molar-refractivity contribution in [3.05, 3.63) is 12.2 Å². The smallest absolute Gasteiger partial charge is 0.233 e. The van der Waals surface area contributed by atoms with Crippen molar-refractivity contribution < 1.29 is 9.59 Å². The molecule has 2 amide bonds. The molecule has 0 aromatic heterocycles. The van der Waals surface area contributed by atoms with Gasteiger partial charge in [-0.15, -0.1) is 0 Å². The van der Waals surface area contributed by atoms with E-state index in [4.69, 9.17) is 0 Å². The van der Waals surface area contributed by atoms with E-state index < -0.39 is 0 Å². The number of guanidine groups is 1. The van der Waals surface area contributed by atoms with Gasteiger partial charge in [-0.1, -0.05) is 12.2 Å². The molecule has 3 rings (SSSR count). The van der Waals surface area contributed by atoms with Crippen LogP contribution in [0, 0.1) is 23.7 Å². The Morgan fingerprint density at radius 3 is 2.23 bits per heavy atom. The summed E-state index contributed by atoms with van der Waals surface area (Å²) in [7, 11) is 0. The molecule has 1 heterocycles. The van der Waals surface area contributed by atoms with Gasteiger partial charge in [0, 0.05) is 44.8 Å². The van der Waals surface area contributed by atoms with Gasteiger partial charge in [0.1, 0.15) is 0 Å². The van der Waals surface area contributed by atoms with E-state index in [0.29, 0.717) is 25.2 Å². The minimum absolute atomic E-state index is 0.0213. The SMILES string of the molecule is CCNC(=NCCCN(C(C)C)C(C)C)NCCN1C(=O)C2C3C=CC(C3)C2C1=O. The molecular weight excluding hydrogens is 378 g/mol. The third-order valence-corrected chi connectivity index (χ3v) is 6.70. The number of carbonyl (C=O) groups is 2. The molecule has 1 saturated carbocycles. The number of fused-ring (bicyclic) bond motifs is 5. The van der Waals surface area contributed by atoms with Crippen molar-refractivity contribution in [2.24, 2.45) is 28.7 Å². The van der Waals surface area contributed by atoms with Gasteiger partial charge in [-0.3, -0.25) is 24.4 Å². The zero-order valence-electron chi connectivity index (χ0n) is 19.2. The summed E-state index contributed by atoms with van der Waals surface area (Å²) >= 11 is 0. The summed E-state index contributed by atoms with van der Waals surface area (Å²) in [5, 5.41) is 6.54. The average Bonchev–Trinajstić information content (AvgIpc) is 3.36. The van der Waals surface area contributed by atoms with E-state index >= 15 is 0 Å². The molecule has 2 bridgehead atoms. The van der Waals surface area contributed by atoms with Crippen LogP contribution in [0.5, 0.6) is 0 Å². The highest BCUT2D eigenvalue weighted by Gasteiger charge is 2.58. The molecule has 0 aromatic rings. The Kier molecular flexibility index (Phi) is 7.55. The van der Waals surface area contributed by atoms with Crippen molar-refractivity contribution in [2.45, 2.75) is 59.5 Å². The fourth-order valence-corrected chi connectivity index (χ4v) is 5.37. The lowest BCUT2D eigenvalue weighted by Gasteiger charge is -2.30. The molecule has 0 radical (unpaired) electrons. The number of carbonyl (C=O) groups excluding carboxylic acids is 2. The number of rotatable bonds is 10. The van der Waals surface area contributed by atoms with Crippen molar-refractivity contribution in [1.82, 2.24) is 20.4 Å². The van der Waals surface area contributed by atoms with E-state index in [1.54, 1.807) is 0 Å². The molecule has 30 heavy (non-hydrogen) atoms. The van der Waals surface area contributed by atoms with Crippen LogP contribution in [0.2, 0.25) is 0 Å². The summed E-state index contributed by atoms with van der Waals surface area (Å²) in [4.78, 5) is 34.1. The minimum Gasteiger partial charge on any atom is -0.357 e. The molecule has 0 spiro atoms. The van der Waals surface area contributed by atoms with Gasteiger partial charge >= 0.3 is 0 Å². The summed E-state index contributed by atoms with van der Waals surface area (Å²) < 4.78 is 0. The molecule has 7 heteroatoms. The normalized spacial score (nSPS) is 27.9. The predicted molar refractivity (Wildman–Crippen MR) is 120 cm³/mol. The van der Waals surface area contributed by atoms with E-state index in [1.165, 1.54) is 4.90 Å². The number of nitrogens with one attached hydrogen (secondary N) is 2. The largest absolute Gasteiger partial charge is 0.357 e. The van der Waals surface area contributed by atoms with E-state index in [1.807, 2.05) is 6.92 Å². The van der Waals surface area contributed by atoms with Gasteiger partial charge in [-0.05, 0) is 59.3 Å². The second-order valence-corrected chi connectivity index (χ2v) is 9.29. The molecule has 7 nitrogen and oxygen atoms in total. The number of hydrogen-bond acceptors (Lipinski definition) is 4. The van der Waals surface area contributed by atoms with Crippen LogP contribution >= 0.6 is 0 Å². The first-order valence-corrected chi connectivity index (χ1v) is 11.7. The van der Waals surface area contributed by atoms with Gasteiger partial charge in [-0.25, -0.2) is 0 Å². The summed E-state index contributed by atoms with van der Waals surface area (Å²) in [5.41, 5.74) is 0. The van der Waals surface area contributed by atoms with Crippen LogP contribution in [0.25, 0.3) is 0 Å².